The van der Waals surface area contributed by atoms with Gasteiger partial charge in [-0.05, 0) is 31.2 Å². The van der Waals surface area contributed by atoms with Crippen LogP contribution in [0.4, 0.5) is 0 Å². The van der Waals surface area contributed by atoms with E-state index in [9.17, 15) is 9.59 Å². The smallest absolute Gasteiger partial charge is 0.357 e. The maximum Gasteiger partial charge on any atom is 0.357 e. The molecule has 0 spiro atoms. The quantitative estimate of drug-likeness (QED) is 0.428. The summed E-state index contributed by atoms with van der Waals surface area (Å²) >= 11 is 0. The van der Waals surface area contributed by atoms with E-state index in [0.717, 1.165) is 6.29 Å². The predicted octanol–water partition coefficient (Wildman–Crippen LogP) is 2.87. The van der Waals surface area contributed by atoms with Crippen molar-refractivity contribution in [3.05, 3.63) is 53.9 Å². The average Bonchev–Trinajstić information content (AvgIpc) is 3.13. The fraction of sp³-hybridized carbons (Fsp3) is 0.238. The molecule has 8 heteroatoms. The third kappa shape index (κ3) is 3.96. The Balaban J connectivity index is 2.34. The van der Waals surface area contributed by atoms with Crippen LogP contribution < -0.4 is 9.47 Å². The van der Waals surface area contributed by atoms with Crippen LogP contribution in [0, 0.1) is 0 Å². The lowest BCUT2D eigenvalue weighted by atomic mass is 10.1. The summed E-state index contributed by atoms with van der Waals surface area (Å²) < 4.78 is 17.4. The summed E-state index contributed by atoms with van der Waals surface area (Å²) in [6, 6.07) is 10.5. The molecule has 0 N–H and O–H groups in total. The van der Waals surface area contributed by atoms with Gasteiger partial charge in [0.05, 0.1) is 26.5 Å². The van der Waals surface area contributed by atoms with Gasteiger partial charge in [0.1, 0.15) is 29.2 Å². The normalized spacial score (nSPS) is 10.4. The number of benzene rings is 1. The average molecular weight is 395 g/mol. The molecule has 0 amide bonds. The highest BCUT2D eigenvalue weighted by atomic mass is 16.5. The molecule has 2 aromatic heterocycles. The maximum absolute atomic E-state index is 12.8. The van der Waals surface area contributed by atoms with E-state index in [1.54, 1.807) is 43.5 Å². The summed E-state index contributed by atoms with van der Waals surface area (Å²) in [7, 11) is 3.06. The van der Waals surface area contributed by atoms with Crippen LogP contribution in [0.15, 0.2) is 42.6 Å². The molecule has 0 radical (unpaired) electrons. The van der Waals surface area contributed by atoms with E-state index in [1.807, 2.05) is 6.07 Å². The zero-order chi connectivity index (χ0) is 20.8. The van der Waals surface area contributed by atoms with Gasteiger partial charge in [-0.1, -0.05) is 6.07 Å². The summed E-state index contributed by atoms with van der Waals surface area (Å²) in [5.41, 5.74) is 2.01. The number of hydrogen-bond donors (Lipinski definition) is 0. The van der Waals surface area contributed by atoms with Gasteiger partial charge in [0, 0.05) is 24.2 Å². The van der Waals surface area contributed by atoms with E-state index < -0.39 is 5.97 Å². The van der Waals surface area contributed by atoms with Gasteiger partial charge >= 0.3 is 5.97 Å². The number of pyridine rings is 1. The first kappa shape index (κ1) is 20.1. The molecule has 0 unspecified atom stereocenters. The third-order valence-electron chi connectivity index (χ3n) is 4.26. The van der Waals surface area contributed by atoms with Crippen molar-refractivity contribution >= 4 is 12.3 Å². The van der Waals surface area contributed by atoms with Crippen LogP contribution in [0.3, 0.4) is 0 Å². The number of rotatable bonds is 8. The fourth-order valence-electron chi connectivity index (χ4n) is 2.98. The molecule has 0 atom stereocenters. The van der Waals surface area contributed by atoms with Crippen LogP contribution in [0.2, 0.25) is 0 Å². The molecule has 0 saturated carbocycles. The molecule has 1 aromatic carbocycles. The number of methoxy groups -OCH3 is 2. The number of aromatic nitrogens is 3. The highest BCUT2D eigenvalue weighted by Gasteiger charge is 2.28. The highest BCUT2D eigenvalue weighted by Crippen LogP contribution is 2.33. The molecule has 0 bridgehead atoms. The van der Waals surface area contributed by atoms with Crippen molar-refractivity contribution in [2.75, 3.05) is 20.8 Å². The third-order valence-corrected chi connectivity index (χ3v) is 4.26. The second kappa shape index (κ2) is 9.01. The molecule has 0 aliphatic carbocycles. The van der Waals surface area contributed by atoms with Gasteiger partial charge < -0.3 is 19.0 Å². The number of carbonyl (C=O) groups excluding carboxylic acids is 2. The summed E-state index contributed by atoms with van der Waals surface area (Å²) in [4.78, 5) is 28.6. The van der Waals surface area contributed by atoms with Gasteiger partial charge in [-0.15, -0.1) is 0 Å². The molecule has 3 rings (SSSR count). The lowest BCUT2D eigenvalue weighted by Crippen LogP contribution is -2.15. The van der Waals surface area contributed by atoms with Gasteiger partial charge in [0.2, 0.25) is 0 Å². The number of nitrogens with zero attached hydrogens (tertiary/aromatic N) is 3. The summed E-state index contributed by atoms with van der Waals surface area (Å²) in [5.74, 6) is 0.440. The van der Waals surface area contributed by atoms with Crippen molar-refractivity contribution in [2.24, 2.45) is 0 Å². The minimum atomic E-state index is -0.594. The Morgan fingerprint density at radius 1 is 1.17 bits per heavy atom. The van der Waals surface area contributed by atoms with E-state index in [4.69, 9.17) is 14.2 Å². The van der Waals surface area contributed by atoms with Gasteiger partial charge in [-0.3, -0.25) is 4.98 Å². The number of aldehydes is 1. The Bertz CT molecular complexity index is 1010. The molecular weight excluding hydrogens is 374 g/mol. The standard InChI is InChI=1S/C21H21N3O5/c1-4-29-21(26)20-15(10-12-25)19(16-7-5-6-11-22-16)23-24(20)17-13-14(27-2)8-9-18(17)28-3/h5-9,11-13H,4,10H2,1-3H3. The number of esters is 1. The Kier molecular flexibility index (Phi) is 6.23. The summed E-state index contributed by atoms with van der Waals surface area (Å²) in [5, 5.41) is 4.62. The van der Waals surface area contributed by atoms with Crippen molar-refractivity contribution in [3.63, 3.8) is 0 Å². The van der Waals surface area contributed by atoms with Crippen LogP contribution in [-0.2, 0) is 16.0 Å². The zero-order valence-corrected chi connectivity index (χ0v) is 16.4. The van der Waals surface area contributed by atoms with Crippen molar-refractivity contribution in [1.29, 1.82) is 0 Å². The minimum absolute atomic E-state index is 0.0215. The van der Waals surface area contributed by atoms with Gasteiger partial charge in [-0.2, -0.15) is 5.10 Å². The molecule has 0 saturated heterocycles. The van der Waals surface area contributed by atoms with E-state index in [-0.39, 0.29) is 18.7 Å². The largest absolute Gasteiger partial charge is 0.497 e. The van der Waals surface area contributed by atoms with Crippen LogP contribution in [-0.4, -0.2) is 47.8 Å². The molecule has 150 valence electrons. The molecule has 29 heavy (non-hydrogen) atoms. The second-order valence-electron chi connectivity index (χ2n) is 5.93. The number of hydrogen-bond acceptors (Lipinski definition) is 7. The maximum atomic E-state index is 12.8. The van der Waals surface area contributed by atoms with Crippen LogP contribution >= 0.6 is 0 Å². The van der Waals surface area contributed by atoms with E-state index in [2.05, 4.69) is 10.1 Å². The monoisotopic (exact) mass is 395 g/mol. The van der Waals surface area contributed by atoms with E-state index >= 15 is 0 Å². The van der Waals surface area contributed by atoms with Gasteiger partial charge in [-0.25, -0.2) is 9.48 Å². The Labute approximate surface area is 168 Å². The SMILES string of the molecule is CCOC(=O)c1c(CC=O)c(-c2ccccn2)nn1-c1cc(OC)ccc1OC. The first-order valence-electron chi connectivity index (χ1n) is 9.01. The molecule has 0 aliphatic heterocycles. The lowest BCUT2D eigenvalue weighted by molar-refractivity contribution is -0.107. The fourth-order valence-corrected chi connectivity index (χ4v) is 2.98. The Morgan fingerprint density at radius 3 is 2.62 bits per heavy atom. The van der Waals surface area contributed by atoms with Gasteiger partial charge in [0.25, 0.3) is 0 Å². The van der Waals surface area contributed by atoms with Crippen LogP contribution in [0.5, 0.6) is 11.5 Å². The summed E-state index contributed by atoms with van der Waals surface area (Å²) in [6.45, 7) is 1.89. The predicted molar refractivity (Wildman–Crippen MR) is 106 cm³/mol. The van der Waals surface area contributed by atoms with Crippen LogP contribution in [0.1, 0.15) is 23.0 Å². The number of carbonyl (C=O) groups is 2. The molecule has 3 aromatic rings. The van der Waals surface area contributed by atoms with Crippen LogP contribution in [0.25, 0.3) is 17.1 Å². The number of ether oxygens (including phenoxy) is 3. The van der Waals surface area contributed by atoms with Crippen molar-refractivity contribution in [1.82, 2.24) is 14.8 Å². The first-order valence-corrected chi connectivity index (χ1v) is 9.01. The molecule has 2 heterocycles. The zero-order valence-electron chi connectivity index (χ0n) is 16.4. The molecule has 0 fully saturated rings. The first-order chi connectivity index (χ1) is 14.1. The summed E-state index contributed by atoms with van der Waals surface area (Å²) in [6.07, 6.45) is 2.32. The Morgan fingerprint density at radius 2 is 2.00 bits per heavy atom. The Hall–Kier alpha value is -3.68. The topological polar surface area (TPSA) is 92.5 Å². The second-order valence-corrected chi connectivity index (χ2v) is 5.93. The van der Waals surface area contributed by atoms with Gasteiger partial charge in [0.15, 0.2) is 5.69 Å². The molecule has 8 nitrogen and oxygen atoms in total. The van der Waals surface area contributed by atoms with Crippen molar-refractivity contribution in [2.45, 2.75) is 13.3 Å². The minimum Gasteiger partial charge on any atom is -0.497 e. The van der Waals surface area contributed by atoms with E-state index in [1.165, 1.54) is 18.9 Å². The van der Waals surface area contributed by atoms with Crippen molar-refractivity contribution < 1.29 is 23.8 Å². The lowest BCUT2D eigenvalue weighted by Gasteiger charge is -2.13. The molecule has 0 aliphatic rings. The van der Waals surface area contributed by atoms with E-state index in [0.29, 0.717) is 34.1 Å². The highest BCUT2D eigenvalue weighted by molar-refractivity contribution is 5.93. The molecular formula is C21H21N3O5. The van der Waals surface area contributed by atoms with Crippen molar-refractivity contribution in [3.8, 4) is 28.6 Å².